The van der Waals surface area contributed by atoms with E-state index >= 15 is 0 Å². The normalized spacial score (nSPS) is 14.3. The monoisotopic (exact) mass is 435 g/mol. The number of hydrogen-bond acceptors (Lipinski definition) is 4. The molecular formula is C23H22ClN5O2. The summed E-state index contributed by atoms with van der Waals surface area (Å²) in [7, 11) is 1.59. The zero-order valence-corrected chi connectivity index (χ0v) is 17.8. The fourth-order valence-corrected chi connectivity index (χ4v) is 4.20. The van der Waals surface area contributed by atoms with E-state index in [4.69, 9.17) is 21.3 Å². The van der Waals surface area contributed by atoms with E-state index < -0.39 is 0 Å². The van der Waals surface area contributed by atoms with Crippen LogP contribution < -0.4 is 15.0 Å². The SMILES string of the molecule is COc1ccccc1NC(=O)N1CCN(c2nc3cc(Cl)ccc3n3cccc23)CC1. The molecule has 158 valence electrons. The molecule has 1 aliphatic heterocycles. The van der Waals surface area contributed by atoms with E-state index in [0.717, 1.165) is 22.4 Å². The molecule has 4 aromatic rings. The van der Waals surface area contributed by atoms with Gasteiger partial charge in [0.25, 0.3) is 0 Å². The van der Waals surface area contributed by atoms with Crippen LogP contribution in [-0.4, -0.2) is 53.6 Å². The number of halogens is 1. The summed E-state index contributed by atoms with van der Waals surface area (Å²) in [5.74, 6) is 1.55. The Labute approximate surface area is 184 Å². The smallest absolute Gasteiger partial charge is 0.322 e. The number of piperazine rings is 1. The first-order chi connectivity index (χ1) is 15.1. The van der Waals surface area contributed by atoms with Gasteiger partial charge in [0, 0.05) is 37.4 Å². The number of aromatic nitrogens is 2. The van der Waals surface area contributed by atoms with Crippen LogP contribution in [0.4, 0.5) is 16.3 Å². The Bertz CT molecular complexity index is 1260. The molecule has 2 aromatic heterocycles. The minimum Gasteiger partial charge on any atom is -0.495 e. The minimum atomic E-state index is -0.129. The largest absolute Gasteiger partial charge is 0.495 e. The van der Waals surface area contributed by atoms with Crippen LogP contribution in [0.25, 0.3) is 16.6 Å². The second kappa shape index (κ2) is 8.00. The van der Waals surface area contributed by atoms with Gasteiger partial charge in [-0.2, -0.15) is 0 Å². The van der Waals surface area contributed by atoms with Gasteiger partial charge in [0.1, 0.15) is 5.75 Å². The van der Waals surface area contributed by atoms with E-state index in [1.54, 1.807) is 7.11 Å². The van der Waals surface area contributed by atoms with Crippen LogP contribution in [0.1, 0.15) is 0 Å². The van der Waals surface area contributed by atoms with E-state index in [2.05, 4.69) is 20.7 Å². The molecule has 0 bridgehead atoms. The number of anilines is 2. The number of para-hydroxylation sites is 2. The highest BCUT2D eigenvalue weighted by atomic mass is 35.5. The molecule has 5 rings (SSSR count). The van der Waals surface area contributed by atoms with E-state index in [0.29, 0.717) is 42.6 Å². The van der Waals surface area contributed by atoms with E-state index in [9.17, 15) is 4.79 Å². The first-order valence-corrected chi connectivity index (χ1v) is 10.5. The highest BCUT2D eigenvalue weighted by molar-refractivity contribution is 6.31. The number of ether oxygens (including phenoxy) is 1. The summed E-state index contributed by atoms with van der Waals surface area (Å²) in [6, 6.07) is 17.1. The molecule has 8 heteroatoms. The summed E-state index contributed by atoms with van der Waals surface area (Å²) >= 11 is 6.20. The van der Waals surface area contributed by atoms with Crippen LogP contribution in [0.3, 0.4) is 0 Å². The molecule has 0 spiro atoms. The molecule has 1 aliphatic rings. The van der Waals surface area contributed by atoms with Crippen molar-refractivity contribution >= 4 is 45.7 Å². The van der Waals surface area contributed by atoms with Crippen LogP contribution in [0.5, 0.6) is 5.75 Å². The Kier molecular flexibility index (Phi) is 5.03. The van der Waals surface area contributed by atoms with Crippen molar-refractivity contribution in [2.75, 3.05) is 43.5 Å². The lowest BCUT2D eigenvalue weighted by Crippen LogP contribution is -2.50. The zero-order valence-electron chi connectivity index (χ0n) is 17.1. The van der Waals surface area contributed by atoms with Crippen molar-refractivity contribution in [3.8, 4) is 5.75 Å². The quantitative estimate of drug-likeness (QED) is 0.514. The number of nitrogens with zero attached hydrogens (tertiary/aromatic N) is 4. The van der Waals surface area contributed by atoms with Gasteiger partial charge in [-0.05, 0) is 42.5 Å². The van der Waals surface area contributed by atoms with Crippen molar-refractivity contribution in [2.45, 2.75) is 0 Å². The van der Waals surface area contributed by atoms with Gasteiger partial charge in [-0.25, -0.2) is 9.78 Å². The summed E-state index contributed by atoms with van der Waals surface area (Å²) in [4.78, 5) is 21.7. The fourth-order valence-electron chi connectivity index (χ4n) is 4.03. The van der Waals surface area contributed by atoms with Crippen molar-refractivity contribution in [3.05, 3.63) is 65.8 Å². The summed E-state index contributed by atoms with van der Waals surface area (Å²) in [6.07, 6.45) is 2.04. The van der Waals surface area contributed by atoms with Crippen molar-refractivity contribution in [2.24, 2.45) is 0 Å². The van der Waals surface area contributed by atoms with Crippen LogP contribution in [-0.2, 0) is 0 Å². The number of rotatable bonds is 3. The second-order valence-electron chi connectivity index (χ2n) is 7.44. The van der Waals surface area contributed by atoms with Crippen LogP contribution >= 0.6 is 11.6 Å². The van der Waals surface area contributed by atoms with Gasteiger partial charge in [-0.15, -0.1) is 0 Å². The molecular weight excluding hydrogens is 414 g/mol. The minimum absolute atomic E-state index is 0.129. The van der Waals surface area contributed by atoms with Crippen LogP contribution in [0.15, 0.2) is 60.8 Å². The van der Waals surface area contributed by atoms with Gasteiger partial charge >= 0.3 is 6.03 Å². The van der Waals surface area contributed by atoms with Gasteiger partial charge in [-0.3, -0.25) is 0 Å². The van der Waals surface area contributed by atoms with Crippen molar-refractivity contribution < 1.29 is 9.53 Å². The molecule has 0 atom stereocenters. The number of nitrogens with one attached hydrogen (secondary N) is 1. The highest BCUT2D eigenvalue weighted by Crippen LogP contribution is 2.28. The highest BCUT2D eigenvalue weighted by Gasteiger charge is 2.24. The Morgan fingerprint density at radius 1 is 1.03 bits per heavy atom. The number of amides is 2. The van der Waals surface area contributed by atoms with E-state index in [1.165, 1.54) is 0 Å². The number of methoxy groups -OCH3 is 1. The Hall–Kier alpha value is -3.45. The van der Waals surface area contributed by atoms with Gasteiger partial charge in [0.2, 0.25) is 0 Å². The van der Waals surface area contributed by atoms with E-state index in [-0.39, 0.29) is 6.03 Å². The molecule has 2 amide bonds. The third-order valence-corrected chi connectivity index (χ3v) is 5.85. The lowest BCUT2D eigenvalue weighted by atomic mass is 10.2. The Morgan fingerprint density at radius 3 is 2.65 bits per heavy atom. The zero-order chi connectivity index (χ0) is 21.4. The van der Waals surface area contributed by atoms with Gasteiger partial charge in [0.15, 0.2) is 5.82 Å². The molecule has 3 heterocycles. The fraction of sp³-hybridized carbons (Fsp3) is 0.217. The predicted molar refractivity (Wildman–Crippen MR) is 124 cm³/mol. The molecule has 0 saturated carbocycles. The van der Waals surface area contributed by atoms with Crippen molar-refractivity contribution in [3.63, 3.8) is 0 Å². The lowest BCUT2D eigenvalue weighted by Gasteiger charge is -2.35. The first-order valence-electron chi connectivity index (χ1n) is 10.1. The summed E-state index contributed by atoms with van der Waals surface area (Å²) in [5, 5.41) is 3.61. The number of benzene rings is 2. The predicted octanol–water partition coefficient (Wildman–Crippen LogP) is 4.50. The second-order valence-corrected chi connectivity index (χ2v) is 7.87. The maximum absolute atomic E-state index is 12.8. The summed E-state index contributed by atoms with van der Waals surface area (Å²) in [6.45, 7) is 2.59. The standard InChI is InChI=1S/C23H22ClN5O2/c1-31-21-7-3-2-5-17(21)26-23(30)28-13-11-27(12-14-28)22-20-6-4-10-29(20)19-9-8-16(24)15-18(19)25-22/h2-10,15H,11-14H2,1H3,(H,26,30). The topological polar surface area (TPSA) is 62.1 Å². The third-order valence-electron chi connectivity index (χ3n) is 5.62. The molecule has 1 saturated heterocycles. The molecule has 0 unspecified atom stereocenters. The number of hydrogen-bond donors (Lipinski definition) is 1. The third kappa shape index (κ3) is 3.61. The molecule has 7 nitrogen and oxygen atoms in total. The molecule has 1 fully saturated rings. The molecule has 31 heavy (non-hydrogen) atoms. The maximum atomic E-state index is 12.8. The summed E-state index contributed by atoms with van der Waals surface area (Å²) in [5.41, 5.74) is 3.58. The van der Waals surface area contributed by atoms with Gasteiger partial charge in [-0.1, -0.05) is 23.7 Å². The number of carbonyl (C=O) groups excluding carboxylic acids is 1. The number of urea groups is 1. The molecule has 1 N–H and O–H groups in total. The number of carbonyl (C=O) groups is 1. The summed E-state index contributed by atoms with van der Waals surface area (Å²) < 4.78 is 7.46. The lowest BCUT2D eigenvalue weighted by molar-refractivity contribution is 0.208. The van der Waals surface area contributed by atoms with Crippen LogP contribution in [0, 0.1) is 0 Å². The average Bonchev–Trinajstić information content (AvgIpc) is 3.29. The molecule has 0 aliphatic carbocycles. The van der Waals surface area contributed by atoms with E-state index in [1.807, 2.05) is 59.6 Å². The first kappa shape index (κ1) is 19.5. The maximum Gasteiger partial charge on any atom is 0.322 e. The Balaban J connectivity index is 1.35. The van der Waals surface area contributed by atoms with Crippen molar-refractivity contribution in [1.29, 1.82) is 0 Å². The molecule has 2 aromatic carbocycles. The van der Waals surface area contributed by atoms with Gasteiger partial charge < -0.3 is 24.3 Å². The van der Waals surface area contributed by atoms with Crippen LogP contribution in [0.2, 0.25) is 5.02 Å². The van der Waals surface area contributed by atoms with Crippen molar-refractivity contribution in [1.82, 2.24) is 14.3 Å². The molecule has 0 radical (unpaired) electrons. The average molecular weight is 436 g/mol. The van der Waals surface area contributed by atoms with Gasteiger partial charge in [0.05, 0.1) is 29.3 Å². The number of fused-ring (bicyclic) bond motifs is 3. The Morgan fingerprint density at radius 2 is 1.84 bits per heavy atom.